The molecule has 7 heteroatoms. The molecule has 1 fully saturated rings. The molecule has 0 saturated carbocycles. The molecule has 2 N–H and O–H groups in total. The first kappa shape index (κ1) is 14.8. The molecule has 0 aromatic carbocycles. The maximum absolute atomic E-state index is 12.1. The lowest BCUT2D eigenvalue weighted by molar-refractivity contribution is -0.142. The number of hydrogen-bond acceptors (Lipinski definition) is 4. The fraction of sp³-hybridized carbons (Fsp3) is 0.615. The van der Waals surface area contributed by atoms with Gasteiger partial charge in [0.1, 0.15) is 5.01 Å². The van der Waals surface area contributed by atoms with E-state index < -0.39 is 11.9 Å². The molecule has 0 radical (unpaired) electrons. The molecule has 1 aromatic rings. The van der Waals surface area contributed by atoms with Crippen molar-refractivity contribution in [2.75, 3.05) is 13.1 Å². The molecule has 1 aliphatic heterocycles. The van der Waals surface area contributed by atoms with Crippen LogP contribution in [0.2, 0.25) is 0 Å². The van der Waals surface area contributed by atoms with E-state index in [1.54, 1.807) is 4.90 Å². The van der Waals surface area contributed by atoms with E-state index >= 15 is 0 Å². The van der Waals surface area contributed by atoms with Crippen molar-refractivity contribution in [3.8, 4) is 0 Å². The number of likely N-dealkylation sites (tertiary alicyclic amines) is 1. The van der Waals surface area contributed by atoms with Gasteiger partial charge in [-0.3, -0.25) is 4.79 Å². The van der Waals surface area contributed by atoms with E-state index in [0.717, 1.165) is 10.7 Å². The highest BCUT2D eigenvalue weighted by atomic mass is 32.1. The highest BCUT2D eigenvalue weighted by Gasteiger charge is 2.37. The first-order chi connectivity index (χ1) is 9.38. The lowest BCUT2D eigenvalue weighted by Gasteiger charge is -2.19. The number of carboxylic acid groups (broad SMARTS) is 1. The quantitative estimate of drug-likeness (QED) is 0.892. The van der Waals surface area contributed by atoms with Gasteiger partial charge in [-0.15, -0.1) is 11.3 Å². The molecule has 3 atom stereocenters. The van der Waals surface area contributed by atoms with Gasteiger partial charge in [0.15, 0.2) is 0 Å². The number of amides is 2. The fourth-order valence-corrected chi connectivity index (χ4v) is 3.17. The number of thiazole rings is 1. The van der Waals surface area contributed by atoms with Crippen molar-refractivity contribution in [3.05, 3.63) is 16.1 Å². The lowest BCUT2D eigenvalue weighted by Crippen LogP contribution is -2.40. The molecule has 0 aliphatic carbocycles. The maximum atomic E-state index is 12.1. The molecule has 2 rings (SSSR count). The number of carbonyl (C=O) groups is 2. The van der Waals surface area contributed by atoms with Crippen molar-refractivity contribution < 1.29 is 14.7 Å². The van der Waals surface area contributed by atoms with Crippen molar-refractivity contribution in [1.82, 2.24) is 15.2 Å². The van der Waals surface area contributed by atoms with Crippen LogP contribution in [-0.2, 0) is 4.79 Å². The molecule has 2 amide bonds. The third kappa shape index (κ3) is 3.09. The summed E-state index contributed by atoms with van der Waals surface area (Å²) < 4.78 is 0. The third-order valence-corrected chi connectivity index (χ3v) is 4.71. The zero-order valence-corrected chi connectivity index (χ0v) is 12.6. The highest BCUT2D eigenvalue weighted by molar-refractivity contribution is 7.09. The summed E-state index contributed by atoms with van der Waals surface area (Å²) in [5.41, 5.74) is 0.937. The van der Waals surface area contributed by atoms with Gasteiger partial charge in [-0.1, -0.05) is 6.92 Å². The number of carbonyl (C=O) groups excluding carboxylic acids is 1. The summed E-state index contributed by atoms with van der Waals surface area (Å²) in [5.74, 6) is -1.33. The van der Waals surface area contributed by atoms with Crippen LogP contribution in [-0.4, -0.2) is 40.1 Å². The molecule has 1 aromatic heterocycles. The fourth-order valence-electron chi connectivity index (χ4n) is 2.36. The summed E-state index contributed by atoms with van der Waals surface area (Å²) in [5, 5.41) is 14.8. The van der Waals surface area contributed by atoms with Crippen molar-refractivity contribution in [1.29, 1.82) is 0 Å². The molecule has 1 saturated heterocycles. The Kier molecular flexibility index (Phi) is 4.27. The number of hydrogen-bond donors (Lipinski definition) is 2. The number of aliphatic carboxylic acids is 1. The minimum absolute atomic E-state index is 0.0179. The SMILES string of the molecule is Cc1csc(C(C)NC(=O)N2C[C@@H](C)[C@H](C(=O)O)C2)n1. The average Bonchev–Trinajstić information content (AvgIpc) is 2.95. The Morgan fingerprint density at radius 1 is 1.55 bits per heavy atom. The van der Waals surface area contributed by atoms with Crippen LogP contribution in [0.4, 0.5) is 4.79 Å². The molecule has 0 bridgehead atoms. The van der Waals surface area contributed by atoms with Crippen molar-refractivity contribution >= 4 is 23.3 Å². The number of rotatable bonds is 3. The first-order valence-corrected chi connectivity index (χ1v) is 7.46. The van der Waals surface area contributed by atoms with E-state index in [9.17, 15) is 9.59 Å². The van der Waals surface area contributed by atoms with Gasteiger partial charge in [-0.05, 0) is 19.8 Å². The first-order valence-electron chi connectivity index (χ1n) is 6.58. The number of nitrogens with zero attached hydrogens (tertiary/aromatic N) is 2. The molecule has 20 heavy (non-hydrogen) atoms. The predicted molar refractivity (Wildman–Crippen MR) is 75.7 cm³/mol. The van der Waals surface area contributed by atoms with Gasteiger partial charge >= 0.3 is 12.0 Å². The van der Waals surface area contributed by atoms with E-state index in [4.69, 9.17) is 5.11 Å². The Morgan fingerprint density at radius 2 is 2.25 bits per heavy atom. The maximum Gasteiger partial charge on any atom is 0.317 e. The summed E-state index contributed by atoms with van der Waals surface area (Å²) in [6.45, 7) is 6.40. The average molecular weight is 297 g/mol. The Bertz CT molecular complexity index is 517. The van der Waals surface area contributed by atoms with Gasteiger partial charge in [0.25, 0.3) is 0 Å². The molecule has 2 heterocycles. The van der Waals surface area contributed by atoms with Crippen molar-refractivity contribution in [2.24, 2.45) is 11.8 Å². The molecular weight excluding hydrogens is 278 g/mol. The van der Waals surface area contributed by atoms with Crippen LogP contribution in [0.3, 0.4) is 0 Å². The van der Waals surface area contributed by atoms with E-state index in [2.05, 4.69) is 10.3 Å². The second-order valence-electron chi connectivity index (χ2n) is 5.33. The zero-order valence-electron chi connectivity index (χ0n) is 11.8. The topological polar surface area (TPSA) is 82.5 Å². The van der Waals surface area contributed by atoms with E-state index in [1.807, 2.05) is 26.2 Å². The van der Waals surface area contributed by atoms with Crippen LogP contribution in [0, 0.1) is 18.8 Å². The third-order valence-electron chi connectivity index (χ3n) is 3.56. The Balaban J connectivity index is 1.94. The number of carboxylic acids is 1. The van der Waals surface area contributed by atoms with Crippen LogP contribution in [0.25, 0.3) is 0 Å². The molecular formula is C13H19N3O3S. The Hall–Kier alpha value is -1.63. The molecule has 1 unspecified atom stereocenters. The van der Waals surface area contributed by atoms with Crippen LogP contribution in [0.1, 0.15) is 30.6 Å². The monoisotopic (exact) mass is 297 g/mol. The normalized spacial score (nSPS) is 23.6. The molecule has 0 spiro atoms. The second-order valence-corrected chi connectivity index (χ2v) is 6.21. The van der Waals surface area contributed by atoms with Crippen LogP contribution in [0.5, 0.6) is 0 Å². The summed E-state index contributed by atoms with van der Waals surface area (Å²) in [4.78, 5) is 29.1. The lowest BCUT2D eigenvalue weighted by atomic mass is 9.99. The summed E-state index contributed by atoms with van der Waals surface area (Å²) in [7, 11) is 0. The largest absolute Gasteiger partial charge is 0.481 e. The van der Waals surface area contributed by atoms with Gasteiger partial charge in [-0.25, -0.2) is 9.78 Å². The van der Waals surface area contributed by atoms with Crippen molar-refractivity contribution in [2.45, 2.75) is 26.8 Å². The number of nitrogens with one attached hydrogen (secondary N) is 1. The predicted octanol–water partition coefficient (Wildman–Crippen LogP) is 1.87. The number of aryl methyl sites for hydroxylation is 1. The van der Waals surface area contributed by atoms with Crippen LogP contribution < -0.4 is 5.32 Å². The Morgan fingerprint density at radius 3 is 2.75 bits per heavy atom. The smallest absolute Gasteiger partial charge is 0.317 e. The molecule has 1 aliphatic rings. The van der Waals surface area contributed by atoms with Gasteiger partial charge in [0.05, 0.1) is 12.0 Å². The second kappa shape index (κ2) is 5.78. The summed E-state index contributed by atoms with van der Waals surface area (Å²) in [6.07, 6.45) is 0. The van der Waals surface area contributed by atoms with Crippen molar-refractivity contribution in [3.63, 3.8) is 0 Å². The number of urea groups is 1. The van der Waals surface area contributed by atoms with E-state index in [0.29, 0.717) is 6.54 Å². The Labute approximate surface area is 121 Å². The van der Waals surface area contributed by atoms with Gasteiger partial charge in [-0.2, -0.15) is 0 Å². The number of aromatic nitrogens is 1. The van der Waals surface area contributed by atoms with E-state index in [-0.39, 0.29) is 24.5 Å². The summed E-state index contributed by atoms with van der Waals surface area (Å²) in [6, 6.07) is -0.388. The standard InChI is InChI=1S/C13H19N3O3S/c1-7-4-16(5-10(7)12(17)18)13(19)15-9(3)11-14-8(2)6-20-11/h6-7,9-10H,4-5H2,1-3H3,(H,15,19)(H,17,18)/t7-,9?,10-/m1/s1. The van der Waals surface area contributed by atoms with Crippen LogP contribution in [0.15, 0.2) is 5.38 Å². The minimum atomic E-state index is -0.837. The van der Waals surface area contributed by atoms with Gasteiger partial charge in [0, 0.05) is 24.2 Å². The van der Waals surface area contributed by atoms with Crippen LogP contribution >= 0.6 is 11.3 Å². The minimum Gasteiger partial charge on any atom is -0.481 e. The van der Waals surface area contributed by atoms with E-state index in [1.165, 1.54) is 11.3 Å². The summed E-state index contributed by atoms with van der Waals surface area (Å²) >= 11 is 1.51. The zero-order chi connectivity index (χ0) is 14.9. The molecule has 110 valence electrons. The highest BCUT2D eigenvalue weighted by Crippen LogP contribution is 2.24. The molecule has 6 nitrogen and oxygen atoms in total. The van der Waals surface area contributed by atoms with Gasteiger partial charge < -0.3 is 15.3 Å². The van der Waals surface area contributed by atoms with Gasteiger partial charge in [0.2, 0.25) is 0 Å².